The number of carbonyl (C=O) groups is 1. The molecular weight excluding hydrogens is 404 g/mol. The van der Waals surface area contributed by atoms with Gasteiger partial charge in [0.1, 0.15) is 5.82 Å². The molecule has 1 saturated heterocycles. The number of nitrogens with zero attached hydrogens (tertiary/aromatic N) is 3. The van der Waals surface area contributed by atoms with Crippen LogP contribution in [-0.2, 0) is 17.6 Å². The number of hydrogen-bond acceptors (Lipinski definition) is 5. The minimum Gasteiger partial charge on any atom is -0.353 e. The van der Waals surface area contributed by atoms with Crippen LogP contribution in [0.15, 0.2) is 42.5 Å². The Labute approximate surface area is 188 Å². The molecule has 0 atom stereocenters. The van der Waals surface area contributed by atoms with Crippen molar-refractivity contribution in [2.45, 2.75) is 33.1 Å². The van der Waals surface area contributed by atoms with Crippen LogP contribution in [0.2, 0.25) is 0 Å². The largest absolute Gasteiger partial charge is 0.353 e. The highest BCUT2D eigenvalue weighted by Gasteiger charge is 2.33. The first-order valence-corrected chi connectivity index (χ1v) is 12.0. The van der Waals surface area contributed by atoms with Crippen LogP contribution in [-0.4, -0.2) is 47.9 Å². The molecule has 3 aromatic rings. The molecule has 31 heavy (non-hydrogen) atoms. The van der Waals surface area contributed by atoms with Crippen LogP contribution < -0.4 is 10.2 Å². The van der Waals surface area contributed by atoms with Crippen LogP contribution in [0.3, 0.4) is 0 Å². The summed E-state index contributed by atoms with van der Waals surface area (Å²) in [5.41, 5.74) is 3.30. The van der Waals surface area contributed by atoms with Crippen LogP contribution in [0, 0.1) is 5.41 Å². The number of aryl methyl sites for hydroxylation is 1. The maximum atomic E-state index is 12.1. The molecule has 2 aliphatic rings. The molecule has 0 unspecified atom stereocenters. The van der Waals surface area contributed by atoms with E-state index in [9.17, 15) is 4.79 Å². The topological polar surface area (TPSA) is 48.5 Å². The highest BCUT2D eigenvalue weighted by atomic mass is 32.1. The molecule has 2 aromatic carbocycles. The number of nitrogens with one attached hydrogen (secondary N) is 1. The van der Waals surface area contributed by atoms with Gasteiger partial charge in [-0.2, -0.15) is 4.37 Å². The molecule has 0 saturated carbocycles. The van der Waals surface area contributed by atoms with Gasteiger partial charge in [0.2, 0.25) is 5.91 Å². The van der Waals surface area contributed by atoms with Crippen LogP contribution in [0.1, 0.15) is 31.4 Å². The van der Waals surface area contributed by atoms with E-state index in [1.165, 1.54) is 21.2 Å². The smallest absolute Gasteiger partial charge is 0.230 e. The van der Waals surface area contributed by atoms with Crippen molar-refractivity contribution < 1.29 is 4.79 Å². The third kappa shape index (κ3) is 4.19. The van der Waals surface area contributed by atoms with Crippen molar-refractivity contribution in [3.8, 4) is 0 Å². The van der Waals surface area contributed by atoms with Crippen LogP contribution in [0.5, 0.6) is 0 Å². The first kappa shape index (κ1) is 20.5. The first-order valence-electron chi connectivity index (χ1n) is 11.2. The summed E-state index contributed by atoms with van der Waals surface area (Å²) in [6.07, 6.45) is 3.06. The Bertz CT molecular complexity index is 1100. The zero-order valence-electron chi connectivity index (χ0n) is 18.4. The van der Waals surface area contributed by atoms with Gasteiger partial charge in [-0.25, -0.2) is 0 Å². The molecule has 0 bridgehead atoms. The predicted molar refractivity (Wildman–Crippen MR) is 129 cm³/mol. The standard InChI is InChI=1S/C25H30N4OS/c1-25(2)17-19-16-18(9-10-21(19)26-24(25)30)6-5-11-28-12-14-29(15-13-28)23-20-7-3-4-8-22(20)31-27-23/h3-4,7-10,16H,5-6,11-15,17H2,1-2H3,(H,26,30). The molecular formula is C25H30N4OS. The summed E-state index contributed by atoms with van der Waals surface area (Å²) in [7, 11) is 0. The van der Waals surface area contributed by atoms with Gasteiger partial charge >= 0.3 is 0 Å². The zero-order chi connectivity index (χ0) is 21.4. The molecule has 5 nitrogen and oxygen atoms in total. The summed E-state index contributed by atoms with van der Waals surface area (Å²) < 4.78 is 5.99. The minimum atomic E-state index is -0.325. The normalized spacial score (nSPS) is 18.8. The molecule has 162 valence electrons. The van der Waals surface area contributed by atoms with E-state index in [1.54, 1.807) is 11.5 Å². The van der Waals surface area contributed by atoms with Crippen molar-refractivity contribution in [3.63, 3.8) is 0 Å². The van der Waals surface area contributed by atoms with Gasteiger partial charge in [-0.05, 0) is 66.7 Å². The number of anilines is 2. The summed E-state index contributed by atoms with van der Waals surface area (Å²) in [5, 5.41) is 4.34. The van der Waals surface area contributed by atoms with E-state index < -0.39 is 0 Å². The van der Waals surface area contributed by atoms with Gasteiger partial charge in [0, 0.05) is 42.7 Å². The number of fused-ring (bicyclic) bond motifs is 2. The summed E-state index contributed by atoms with van der Waals surface area (Å²) in [6.45, 7) is 9.44. The zero-order valence-corrected chi connectivity index (χ0v) is 19.2. The number of carbonyl (C=O) groups excluding carboxylic acids is 1. The lowest BCUT2D eigenvalue weighted by Gasteiger charge is -2.35. The lowest BCUT2D eigenvalue weighted by Crippen LogP contribution is -2.46. The van der Waals surface area contributed by atoms with Crippen LogP contribution in [0.4, 0.5) is 11.5 Å². The molecule has 6 heteroatoms. The summed E-state index contributed by atoms with van der Waals surface area (Å²) >= 11 is 1.60. The average Bonchev–Trinajstić information content (AvgIpc) is 3.19. The van der Waals surface area contributed by atoms with Crippen molar-refractivity contribution in [2.75, 3.05) is 42.9 Å². The van der Waals surface area contributed by atoms with Gasteiger partial charge in [-0.1, -0.05) is 38.1 Å². The molecule has 0 aliphatic carbocycles. The van der Waals surface area contributed by atoms with E-state index in [0.29, 0.717) is 0 Å². The molecule has 1 amide bonds. The molecule has 0 spiro atoms. The summed E-state index contributed by atoms with van der Waals surface area (Å²) in [5.74, 6) is 1.28. The van der Waals surface area contributed by atoms with Crippen molar-refractivity contribution in [3.05, 3.63) is 53.6 Å². The van der Waals surface area contributed by atoms with E-state index in [2.05, 4.69) is 57.6 Å². The molecule has 5 rings (SSSR count). The lowest BCUT2D eigenvalue weighted by atomic mass is 9.81. The number of piperazine rings is 1. The highest BCUT2D eigenvalue weighted by molar-refractivity contribution is 7.13. The van der Waals surface area contributed by atoms with Crippen LogP contribution >= 0.6 is 11.5 Å². The van der Waals surface area contributed by atoms with Gasteiger partial charge in [0.05, 0.1) is 4.70 Å². The lowest BCUT2D eigenvalue weighted by molar-refractivity contribution is -0.124. The van der Waals surface area contributed by atoms with Gasteiger partial charge in [-0.3, -0.25) is 9.69 Å². The van der Waals surface area contributed by atoms with Crippen molar-refractivity contribution in [1.82, 2.24) is 9.27 Å². The molecule has 3 heterocycles. The molecule has 1 aromatic heterocycles. The van der Waals surface area contributed by atoms with E-state index in [4.69, 9.17) is 4.37 Å². The Morgan fingerprint density at radius 2 is 1.90 bits per heavy atom. The minimum absolute atomic E-state index is 0.123. The van der Waals surface area contributed by atoms with Crippen molar-refractivity contribution in [2.24, 2.45) is 5.41 Å². The second kappa shape index (κ2) is 8.24. The maximum absolute atomic E-state index is 12.1. The Morgan fingerprint density at radius 3 is 2.74 bits per heavy atom. The maximum Gasteiger partial charge on any atom is 0.230 e. The van der Waals surface area contributed by atoms with Gasteiger partial charge in [0.25, 0.3) is 0 Å². The highest BCUT2D eigenvalue weighted by Crippen LogP contribution is 2.34. The monoisotopic (exact) mass is 434 g/mol. The number of rotatable bonds is 5. The van der Waals surface area contributed by atoms with Gasteiger partial charge in [-0.15, -0.1) is 0 Å². The van der Waals surface area contributed by atoms with E-state index >= 15 is 0 Å². The summed E-state index contributed by atoms with van der Waals surface area (Å²) in [6, 6.07) is 15.1. The van der Waals surface area contributed by atoms with Crippen LogP contribution in [0.25, 0.3) is 10.1 Å². The third-order valence-electron chi connectivity index (χ3n) is 6.63. The Kier molecular flexibility index (Phi) is 5.44. The fourth-order valence-electron chi connectivity index (χ4n) is 4.71. The molecule has 1 fully saturated rings. The van der Waals surface area contributed by atoms with Crippen molar-refractivity contribution in [1.29, 1.82) is 0 Å². The number of hydrogen-bond donors (Lipinski definition) is 1. The van der Waals surface area contributed by atoms with E-state index in [0.717, 1.165) is 63.5 Å². The first-order chi connectivity index (χ1) is 15.0. The second-order valence-corrected chi connectivity index (χ2v) is 10.2. The van der Waals surface area contributed by atoms with Gasteiger partial charge < -0.3 is 10.2 Å². The Morgan fingerprint density at radius 1 is 1.10 bits per heavy atom. The molecule has 1 N–H and O–H groups in total. The number of amides is 1. The fraction of sp³-hybridized carbons (Fsp3) is 0.440. The summed E-state index contributed by atoms with van der Waals surface area (Å²) in [4.78, 5) is 17.2. The average molecular weight is 435 g/mol. The third-order valence-corrected chi connectivity index (χ3v) is 7.45. The second-order valence-electron chi connectivity index (χ2n) is 9.44. The van der Waals surface area contributed by atoms with Crippen molar-refractivity contribution >= 4 is 39.0 Å². The van der Waals surface area contributed by atoms with Gasteiger partial charge in [0.15, 0.2) is 0 Å². The Hall–Kier alpha value is -2.44. The number of benzene rings is 2. The molecule has 0 radical (unpaired) electrons. The van der Waals surface area contributed by atoms with E-state index in [1.807, 2.05) is 13.8 Å². The number of aromatic nitrogens is 1. The quantitative estimate of drug-likeness (QED) is 0.639. The fourth-order valence-corrected chi connectivity index (χ4v) is 5.51. The predicted octanol–water partition coefficient (Wildman–Crippen LogP) is 4.57. The Balaban J connectivity index is 1.13. The molecule has 2 aliphatic heterocycles. The van der Waals surface area contributed by atoms with E-state index in [-0.39, 0.29) is 11.3 Å². The SMILES string of the molecule is CC1(C)Cc2cc(CCCN3CCN(c4nsc5ccccc45)CC3)ccc2NC1=O.